The highest BCUT2D eigenvalue weighted by atomic mass is 16.1. The average molecular weight is 481 g/mol. The Morgan fingerprint density at radius 1 is 1.08 bits per heavy atom. The summed E-state index contributed by atoms with van der Waals surface area (Å²) in [5.74, 6) is 0.789. The molecule has 1 saturated heterocycles. The van der Waals surface area contributed by atoms with E-state index in [4.69, 9.17) is 4.98 Å². The minimum Gasteiger partial charge on any atom is -0.356 e. The van der Waals surface area contributed by atoms with Crippen LogP contribution in [0.25, 0.3) is 11.0 Å². The Balaban J connectivity index is 1.41. The first-order chi connectivity index (χ1) is 17.7. The van der Waals surface area contributed by atoms with Crippen molar-refractivity contribution in [3.05, 3.63) is 101 Å². The van der Waals surface area contributed by atoms with E-state index >= 15 is 0 Å². The van der Waals surface area contributed by atoms with Crippen molar-refractivity contribution < 1.29 is 4.79 Å². The van der Waals surface area contributed by atoms with E-state index in [1.807, 2.05) is 18.3 Å². The van der Waals surface area contributed by atoms with Crippen molar-refractivity contribution in [3.8, 4) is 0 Å². The van der Waals surface area contributed by atoms with Gasteiger partial charge in [-0.15, -0.1) is 0 Å². The number of aromatic nitrogens is 2. The first-order valence-corrected chi connectivity index (χ1v) is 13.2. The zero-order valence-electron chi connectivity index (χ0n) is 21.1. The lowest BCUT2D eigenvalue weighted by Gasteiger charge is -2.23. The molecule has 0 bridgehead atoms. The molecule has 2 N–H and O–H groups in total. The van der Waals surface area contributed by atoms with Crippen molar-refractivity contribution in [1.29, 1.82) is 0 Å². The molecule has 1 amide bonds. The second-order valence-corrected chi connectivity index (χ2v) is 10.1. The number of carbonyl (C=O) groups is 1. The quantitative estimate of drug-likeness (QED) is 0.336. The summed E-state index contributed by atoms with van der Waals surface area (Å²) < 4.78 is 2.22. The van der Waals surface area contributed by atoms with Crippen LogP contribution in [0.2, 0.25) is 0 Å². The number of rotatable bonds is 9. The van der Waals surface area contributed by atoms with Gasteiger partial charge >= 0.3 is 0 Å². The van der Waals surface area contributed by atoms with E-state index < -0.39 is 0 Å². The molecule has 36 heavy (non-hydrogen) atoms. The standard InChI is InChI=1S/C31H36N4O/c1-23-7-5-10-26(19-23)28(20-30(36)33-18-14-24-12-16-32-17-13-24)29-22-35(21-25-8-3-2-4-9-25)31-27(29)11-6-15-34-31/h2-11,15,19,22,24,28,32H,12-14,16-18,20-21H2,1H3,(H,33,36). The minimum atomic E-state index is -0.0347. The highest BCUT2D eigenvalue weighted by Gasteiger charge is 2.24. The number of nitrogens with zero attached hydrogens (tertiary/aromatic N) is 2. The van der Waals surface area contributed by atoms with Gasteiger partial charge in [0.15, 0.2) is 0 Å². The van der Waals surface area contributed by atoms with Crippen molar-refractivity contribution in [2.45, 2.75) is 45.1 Å². The van der Waals surface area contributed by atoms with Gasteiger partial charge in [0.2, 0.25) is 5.91 Å². The summed E-state index contributed by atoms with van der Waals surface area (Å²) in [5, 5.41) is 7.76. The Morgan fingerprint density at radius 2 is 1.92 bits per heavy atom. The third-order valence-electron chi connectivity index (χ3n) is 7.40. The Hall–Kier alpha value is -3.44. The Kier molecular flexibility index (Phi) is 7.77. The zero-order valence-corrected chi connectivity index (χ0v) is 21.1. The Bertz CT molecular complexity index is 1290. The van der Waals surface area contributed by atoms with Crippen LogP contribution in [0.15, 0.2) is 79.1 Å². The van der Waals surface area contributed by atoms with Crippen LogP contribution in [-0.4, -0.2) is 35.1 Å². The fourth-order valence-electron chi connectivity index (χ4n) is 5.47. The van der Waals surface area contributed by atoms with Crippen molar-refractivity contribution in [2.75, 3.05) is 19.6 Å². The summed E-state index contributed by atoms with van der Waals surface area (Å²) in [4.78, 5) is 17.9. The molecule has 5 rings (SSSR count). The molecule has 1 aliphatic rings. The molecule has 2 aromatic heterocycles. The van der Waals surface area contributed by atoms with Gasteiger partial charge in [0.25, 0.3) is 0 Å². The van der Waals surface area contributed by atoms with E-state index in [1.165, 1.54) is 29.5 Å². The number of benzene rings is 2. The molecule has 0 radical (unpaired) electrons. The van der Waals surface area contributed by atoms with Crippen LogP contribution in [0.5, 0.6) is 0 Å². The summed E-state index contributed by atoms with van der Waals surface area (Å²) >= 11 is 0. The van der Waals surface area contributed by atoms with Gasteiger partial charge in [-0.25, -0.2) is 4.98 Å². The molecule has 5 heteroatoms. The second-order valence-electron chi connectivity index (χ2n) is 10.1. The van der Waals surface area contributed by atoms with Crippen LogP contribution in [0.1, 0.15) is 53.9 Å². The van der Waals surface area contributed by atoms with Crippen molar-refractivity contribution >= 4 is 16.9 Å². The largest absolute Gasteiger partial charge is 0.356 e. The number of amides is 1. The first kappa shape index (κ1) is 24.3. The topological polar surface area (TPSA) is 59.0 Å². The molecule has 3 heterocycles. The molecule has 0 spiro atoms. The summed E-state index contributed by atoms with van der Waals surface area (Å²) in [6.07, 6.45) is 7.95. The fourth-order valence-corrected chi connectivity index (χ4v) is 5.47. The number of pyridine rings is 1. The first-order valence-electron chi connectivity index (χ1n) is 13.2. The van der Waals surface area contributed by atoms with Crippen molar-refractivity contribution in [1.82, 2.24) is 20.2 Å². The molecule has 4 aromatic rings. The number of hydrogen-bond acceptors (Lipinski definition) is 3. The van der Waals surface area contributed by atoms with Gasteiger partial charge in [0.1, 0.15) is 5.65 Å². The maximum absolute atomic E-state index is 13.2. The normalized spacial score (nSPS) is 15.1. The predicted molar refractivity (Wildman–Crippen MR) is 146 cm³/mol. The van der Waals surface area contributed by atoms with Crippen molar-refractivity contribution in [2.24, 2.45) is 5.92 Å². The van der Waals surface area contributed by atoms with Gasteiger partial charge in [0.05, 0.1) is 0 Å². The molecule has 5 nitrogen and oxygen atoms in total. The van der Waals surface area contributed by atoms with Crippen LogP contribution in [0.3, 0.4) is 0 Å². The van der Waals surface area contributed by atoms with E-state index in [9.17, 15) is 4.79 Å². The van der Waals surface area contributed by atoms with Crippen molar-refractivity contribution in [3.63, 3.8) is 0 Å². The van der Waals surface area contributed by atoms with Gasteiger partial charge in [0, 0.05) is 43.2 Å². The second kappa shape index (κ2) is 11.5. The Morgan fingerprint density at radius 3 is 2.72 bits per heavy atom. The Labute approximate surface area is 214 Å². The molecule has 2 aromatic carbocycles. The van der Waals surface area contributed by atoms with E-state index in [2.05, 4.69) is 82.9 Å². The molecular formula is C31H36N4O. The van der Waals surface area contributed by atoms with Crippen LogP contribution in [0.4, 0.5) is 0 Å². The molecule has 186 valence electrons. The molecular weight excluding hydrogens is 444 g/mol. The third kappa shape index (κ3) is 5.85. The van der Waals surface area contributed by atoms with E-state index in [-0.39, 0.29) is 11.8 Å². The highest BCUT2D eigenvalue weighted by molar-refractivity contribution is 5.84. The fraction of sp³-hybridized carbons (Fsp3) is 0.355. The zero-order chi connectivity index (χ0) is 24.7. The SMILES string of the molecule is Cc1cccc(C(CC(=O)NCCC2CCNCC2)c2cn(Cc3ccccc3)c3ncccc23)c1. The number of aryl methyl sites for hydroxylation is 1. The third-order valence-corrected chi connectivity index (χ3v) is 7.40. The molecule has 1 atom stereocenters. The van der Waals surface area contributed by atoms with Gasteiger partial charge in [-0.3, -0.25) is 4.79 Å². The number of piperidine rings is 1. The highest BCUT2D eigenvalue weighted by Crippen LogP contribution is 2.35. The molecule has 1 fully saturated rings. The van der Waals surface area contributed by atoms with Crippen LogP contribution >= 0.6 is 0 Å². The maximum Gasteiger partial charge on any atom is 0.220 e. The number of hydrogen-bond donors (Lipinski definition) is 2. The summed E-state index contributed by atoms with van der Waals surface area (Å²) in [7, 11) is 0. The van der Waals surface area contributed by atoms with Crippen LogP contribution in [-0.2, 0) is 11.3 Å². The van der Waals surface area contributed by atoms with Crippen LogP contribution in [0, 0.1) is 12.8 Å². The lowest BCUT2D eigenvalue weighted by atomic mass is 9.87. The average Bonchev–Trinajstić information content (AvgIpc) is 3.26. The van der Waals surface area contributed by atoms with E-state index in [1.54, 1.807) is 0 Å². The van der Waals surface area contributed by atoms with E-state index in [0.717, 1.165) is 49.2 Å². The van der Waals surface area contributed by atoms with E-state index in [0.29, 0.717) is 12.3 Å². The minimum absolute atomic E-state index is 0.0347. The van der Waals surface area contributed by atoms with Gasteiger partial charge in [-0.2, -0.15) is 0 Å². The van der Waals surface area contributed by atoms with Gasteiger partial charge < -0.3 is 15.2 Å². The summed E-state index contributed by atoms with van der Waals surface area (Å²) in [6.45, 7) is 5.79. The number of carbonyl (C=O) groups excluding carboxylic acids is 1. The van der Waals surface area contributed by atoms with Crippen LogP contribution < -0.4 is 10.6 Å². The number of nitrogens with one attached hydrogen (secondary N) is 2. The maximum atomic E-state index is 13.2. The van der Waals surface area contributed by atoms with Gasteiger partial charge in [-0.05, 0) is 74.0 Å². The monoisotopic (exact) mass is 480 g/mol. The van der Waals surface area contributed by atoms with Gasteiger partial charge in [-0.1, -0.05) is 60.2 Å². The molecule has 1 aliphatic heterocycles. The smallest absolute Gasteiger partial charge is 0.220 e. The molecule has 0 saturated carbocycles. The lowest BCUT2D eigenvalue weighted by molar-refractivity contribution is -0.121. The summed E-state index contributed by atoms with van der Waals surface area (Å²) in [6, 6.07) is 23.2. The molecule has 0 aliphatic carbocycles. The summed E-state index contributed by atoms with van der Waals surface area (Å²) in [5.41, 5.74) is 5.73. The lowest BCUT2D eigenvalue weighted by Crippen LogP contribution is -2.31. The molecule has 1 unspecified atom stereocenters. The predicted octanol–water partition coefficient (Wildman–Crippen LogP) is 5.42. The number of fused-ring (bicyclic) bond motifs is 1.